The first kappa shape index (κ1) is 26.3. The Morgan fingerprint density at radius 1 is 1.08 bits per heavy atom. The van der Waals surface area contributed by atoms with E-state index in [-0.39, 0.29) is 34.7 Å². The van der Waals surface area contributed by atoms with Crippen LogP contribution in [0.4, 0.5) is 5.69 Å². The summed E-state index contributed by atoms with van der Waals surface area (Å²) in [5.41, 5.74) is 2.22. The van der Waals surface area contributed by atoms with Gasteiger partial charge >= 0.3 is 0 Å². The van der Waals surface area contributed by atoms with Crippen LogP contribution in [0.1, 0.15) is 42.1 Å². The molecule has 1 aromatic heterocycles. The predicted molar refractivity (Wildman–Crippen MR) is 146 cm³/mol. The number of carbonyl (C=O) groups excluding carboxylic acids is 2. The number of benzene rings is 2. The minimum atomic E-state index is -3.90. The maximum Gasteiger partial charge on any atom is 0.255 e. The summed E-state index contributed by atoms with van der Waals surface area (Å²) in [6, 6.07) is 13.3. The molecule has 0 radical (unpaired) electrons. The number of anilines is 1. The van der Waals surface area contributed by atoms with Gasteiger partial charge in [-0.25, -0.2) is 13.1 Å². The van der Waals surface area contributed by atoms with Gasteiger partial charge in [-0.05, 0) is 74.5 Å². The van der Waals surface area contributed by atoms with Crippen molar-refractivity contribution in [3.05, 3.63) is 65.9 Å². The van der Waals surface area contributed by atoms with Crippen molar-refractivity contribution in [2.24, 2.45) is 5.92 Å². The molecular weight excluding hydrogens is 502 g/mol. The molecule has 3 heterocycles. The minimum Gasteiger partial charge on any atom is -0.341 e. The first-order valence-electron chi connectivity index (χ1n) is 13.0. The van der Waals surface area contributed by atoms with Crippen molar-refractivity contribution in [2.45, 2.75) is 50.1 Å². The second-order valence-electron chi connectivity index (χ2n) is 10.2. The van der Waals surface area contributed by atoms with E-state index in [1.54, 1.807) is 36.5 Å². The van der Waals surface area contributed by atoms with E-state index < -0.39 is 10.0 Å². The number of fused-ring (bicyclic) bond motifs is 1. The number of rotatable bonds is 6. The van der Waals surface area contributed by atoms with Gasteiger partial charge in [-0.1, -0.05) is 25.1 Å². The third-order valence-corrected chi connectivity index (χ3v) is 9.09. The molecule has 2 aliphatic heterocycles. The first-order valence-corrected chi connectivity index (χ1v) is 14.5. The molecule has 0 unspecified atom stereocenters. The van der Waals surface area contributed by atoms with Gasteiger partial charge in [0, 0.05) is 36.3 Å². The molecule has 3 N–H and O–H groups in total. The molecule has 3 aromatic rings. The summed E-state index contributed by atoms with van der Waals surface area (Å²) in [7, 11) is -3.90. The zero-order chi connectivity index (χ0) is 26.9. The molecule has 2 aliphatic rings. The summed E-state index contributed by atoms with van der Waals surface area (Å²) < 4.78 is 30.0. The highest BCUT2D eigenvalue weighted by Crippen LogP contribution is 2.30. The summed E-state index contributed by atoms with van der Waals surface area (Å²) in [6.45, 7) is 5.72. The lowest BCUT2D eigenvalue weighted by molar-refractivity contribution is -0.135. The second-order valence-corrected chi connectivity index (χ2v) is 11.9. The Kier molecular flexibility index (Phi) is 7.47. The molecule has 2 saturated heterocycles. The number of amides is 2. The number of likely N-dealkylation sites (tertiary alicyclic amines) is 1. The highest BCUT2D eigenvalue weighted by Gasteiger charge is 2.35. The fourth-order valence-electron chi connectivity index (χ4n) is 5.40. The predicted octanol–water partition coefficient (Wildman–Crippen LogP) is 3.06. The van der Waals surface area contributed by atoms with Gasteiger partial charge < -0.3 is 15.5 Å². The number of nitrogens with zero attached hydrogens (tertiary/aromatic N) is 2. The number of nitrogens with one attached hydrogen (secondary N) is 3. The Labute approximate surface area is 223 Å². The van der Waals surface area contributed by atoms with E-state index in [2.05, 4.69) is 20.3 Å². The van der Waals surface area contributed by atoms with Crippen molar-refractivity contribution >= 4 is 38.4 Å². The van der Waals surface area contributed by atoms with Crippen molar-refractivity contribution in [1.82, 2.24) is 19.9 Å². The Morgan fingerprint density at radius 2 is 1.89 bits per heavy atom. The minimum absolute atomic E-state index is 0.0408. The van der Waals surface area contributed by atoms with Gasteiger partial charge in [-0.15, -0.1) is 0 Å². The standard InChI is InChI=1S/C28H33N5O4S/c1-18-7-3-4-8-20(18)27(34)31-23-11-12-25(21-9-5-15-30-26(21)23)38(36,37)32-22-13-16-33(17-19(22)2)28(35)24-10-6-14-29-24/h3-5,7-9,11-12,15,19,22,24,29,32H,6,10,13-14,16-17H2,1-2H3,(H,31,34)/t19-,22+,24+/m1/s1. The van der Waals surface area contributed by atoms with Crippen LogP contribution in [-0.2, 0) is 14.8 Å². The summed E-state index contributed by atoms with van der Waals surface area (Å²) >= 11 is 0. The number of sulfonamides is 1. The number of hydrogen-bond donors (Lipinski definition) is 3. The van der Waals surface area contributed by atoms with Gasteiger partial charge in [-0.2, -0.15) is 0 Å². The molecule has 2 amide bonds. The van der Waals surface area contributed by atoms with Gasteiger partial charge in [0.05, 0.1) is 22.1 Å². The number of aromatic nitrogens is 1. The number of hydrogen-bond acceptors (Lipinski definition) is 6. The van der Waals surface area contributed by atoms with Crippen molar-refractivity contribution < 1.29 is 18.0 Å². The quantitative estimate of drug-likeness (QED) is 0.446. The molecule has 2 fully saturated rings. The van der Waals surface area contributed by atoms with Crippen LogP contribution in [0.3, 0.4) is 0 Å². The average molecular weight is 536 g/mol. The van der Waals surface area contributed by atoms with E-state index in [1.807, 2.05) is 30.9 Å². The third kappa shape index (κ3) is 5.29. The fourth-order valence-corrected chi connectivity index (χ4v) is 6.98. The normalized spacial score (nSPS) is 21.9. The van der Waals surface area contributed by atoms with Crippen LogP contribution >= 0.6 is 0 Å². The maximum atomic E-state index is 13.6. The van der Waals surface area contributed by atoms with Crippen LogP contribution in [0.2, 0.25) is 0 Å². The summed E-state index contributed by atoms with van der Waals surface area (Å²) in [4.78, 5) is 32.1. The van der Waals surface area contributed by atoms with Crippen molar-refractivity contribution in [3.8, 4) is 0 Å². The van der Waals surface area contributed by atoms with E-state index in [4.69, 9.17) is 0 Å². The maximum absolute atomic E-state index is 13.6. The summed E-state index contributed by atoms with van der Waals surface area (Å²) in [6.07, 6.45) is 3.96. The topological polar surface area (TPSA) is 120 Å². The molecule has 0 saturated carbocycles. The second kappa shape index (κ2) is 10.8. The largest absolute Gasteiger partial charge is 0.341 e. The molecule has 0 aliphatic carbocycles. The van der Waals surface area contributed by atoms with Crippen molar-refractivity contribution in [3.63, 3.8) is 0 Å². The molecule has 3 atom stereocenters. The molecule has 10 heteroatoms. The molecule has 200 valence electrons. The average Bonchev–Trinajstić information content (AvgIpc) is 3.45. The Balaban J connectivity index is 1.34. The van der Waals surface area contributed by atoms with Gasteiger partial charge in [-0.3, -0.25) is 14.6 Å². The van der Waals surface area contributed by atoms with Crippen LogP contribution in [0, 0.1) is 12.8 Å². The van der Waals surface area contributed by atoms with Crippen LogP contribution in [0.5, 0.6) is 0 Å². The number of piperidine rings is 1. The van der Waals surface area contributed by atoms with E-state index in [9.17, 15) is 18.0 Å². The van der Waals surface area contributed by atoms with Crippen molar-refractivity contribution in [2.75, 3.05) is 25.0 Å². The van der Waals surface area contributed by atoms with Gasteiger partial charge in [0.15, 0.2) is 0 Å². The van der Waals surface area contributed by atoms with Crippen LogP contribution < -0.4 is 15.4 Å². The highest BCUT2D eigenvalue weighted by atomic mass is 32.2. The van der Waals surface area contributed by atoms with E-state index in [1.165, 1.54) is 6.07 Å². The molecule has 5 rings (SSSR count). The summed E-state index contributed by atoms with van der Waals surface area (Å²) in [5, 5.41) is 6.56. The van der Waals surface area contributed by atoms with Crippen molar-refractivity contribution in [1.29, 1.82) is 0 Å². The van der Waals surface area contributed by atoms with Gasteiger partial charge in [0.1, 0.15) is 0 Å². The lowest BCUT2D eigenvalue weighted by Gasteiger charge is -2.38. The number of pyridine rings is 1. The SMILES string of the molecule is Cc1ccccc1C(=O)Nc1ccc(S(=O)(=O)N[C@H]2CCN(C(=O)[C@@H]3CCCN3)C[C@H]2C)c2cccnc12. The molecular formula is C28H33N5O4S. The monoisotopic (exact) mass is 535 g/mol. The lowest BCUT2D eigenvalue weighted by atomic mass is 9.94. The van der Waals surface area contributed by atoms with Gasteiger partial charge in [0.2, 0.25) is 15.9 Å². The molecule has 9 nitrogen and oxygen atoms in total. The Morgan fingerprint density at radius 3 is 2.63 bits per heavy atom. The van der Waals surface area contributed by atoms with E-state index >= 15 is 0 Å². The number of carbonyl (C=O) groups is 2. The molecule has 0 spiro atoms. The Bertz CT molecular complexity index is 1470. The third-order valence-electron chi connectivity index (χ3n) is 7.54. The Hall–Kier alpha value is -3.34. The van der Waals surface area contributed by atoms with Crippen LogP contribution in [-0.4, -0.2) is 61.8 Å². The molecule has 2 aromatic carbocycles. The number of aryl methyl sites for hydroxylation is 1. The zero-order valence-corrected chi connectivity index (χ0v) is 22.4. The lowest BCUT2D eigenvalue weighted by Crippen LogP contribution is -2.54. The van der Waals surface area contributed by atoms with E-state index in [0.717, 1.165) is 24.9 Å². The first-order chi connectivity index (χ1) is 18.2. The van der Waals surface area contributed by atoms with Crippen LogP contribution in [0.15, 0.2) is 59.6 Å². The van der Waals surface area contributed by atoms with Gasteiger partial charge in [0.25, 0.3) is 5.91 Å². The van der Waals surface area contributed by atoms with Crippen LogP contribution in [0.25, 0.3) is 10.9 Å². The highest BCUT2D eigenvalue weighted by molar-refractivity contribution is 7.89. The van der Waals surface area contributed by atoms with E-state index in [0.29, 0.717) is 41.7 Å². The fraction of sp³-hybridized carbons (Fsp3) is 0.393. The zero-order valence-electron chi connectivity index (χ0n) is 21.6. The summed E-state index contributed by atoms with van der Waals surface area (Å²) in [5.74, 6) is -0.219. The smallest absolute Gasteiger partial charge is 0.255 e. The molecule has 0 bridgehead atoms. The molecule has 38 heavy (non-hydrogen) atoms.